The summed E-state index contributed by atoms with van der Waals surface area (Å²) >= 11 is 0. The van der Waals surface area contributed by atoms with E-state index >= 15 is 0 Å². The number of hydrogen-bond donors (Lipinski definition) is 2. The molecule has 2 N–H and O–H groups in total. The standard InChI is InChI=1S/C21H23N5O4S/c1-15(27)23-17-9-10-20(24-31(3,29)30)19(11-17)21(28)25(2)13-16-12-22-26(14-16)18-7-5-4-6-8-18/h4-12,14,24H,13H2,1-3H3,(H,23,27). The Morgan fingerprint density at radius 2 is 1.84 bits per heavy atom. The summed E-state index contributed by atoms with van der Waals surface area (Å²) in [7, 11) is -1.99. The summed E-state index contributed by atoms with van der Waals surface area (Å²) in [5.41, 5.74) is 2.34. The van der Waals surface area contributed by atoms with Crippen molar-refractivity contribution >= 4 is 33.2 Å². The van der Waals surface area contributed by atoms with E-state index in [1.54, 1.807) is 17.9 Å². The highest BCUT2D eigenvalue weighted by Gasteiger charge is 2.19. The maximum atomic E-state index is 13.1. The fourth-order valence-corrected chi connectivity index (χ4v) is 3.58. The van der Waals surface area contributed by atoms with Gasteiger partial charge in [0, 0.05) is 38.0 Å². The van der Waals surface area contributed by atoms with Gasteiger partial charge in [0.2, 0.25) is 15.9 Å². The smallest absolute Gasteiger partial charge is 0.256 e. The number of carbonyl (C=O) groups excluding carboxylic acids is 2. The van der Waals surface area contributed by atoms with Gasteiger partial charge in [-0.1, -0.05) is 18.2 Å². The number of rotatable bonds is 7. The lowest BCUT2D eigenvalue weighted by Crippen LogP contribution is -2.27. The summed E-state index contributed by atoms with van der Waals surface area (Å²) in [6, 6.07) is 14.0. The van der Waals surface area contributed by atoms with Crippen LogP contribution < -0.4 is 10.0 Å². The second-order valence-electron chi connectivity index (χ2n) is 7.11. The Kier molecular flexibility index (Phi) is 6.40. The summed E-state index contributed by atoms with van der Waals surface area (Å²) in [4.78, 5) is 25.9. The third kappa shape index (κ3) is 5.92. The van der Waals surface area contributed by atoms with Gasteiger partial charge in [-0.05, 0) is 30.3 Å². The molecule has 0 saturated heterocycles. The molecule has 1 heterocycles. The van der Waals surface area contributed by atoms with Gasteiger partial charge in [0.05, 0.1) is 29.4 Å². The largest absolute Gasteiger partial charge is 0.337 e. The number of amides is 2. The van der Waals surface area contributed by atoms with E-state index in [-0.39, 0.29) is 23.7 Å². The van der Waals surface area contributed by atoms with Crippen LogP contribution in [0.4, 0.5) is 11.4 Å². The Morgan fingerprint density at radius 3 is 2.48 bits per heavy atom. The minimum absolute atomic E-state index is 0.120. The number of carbonyl (C=O) groups is 2. The van der Waals surface area contributed by atoms with Crippen molar-refractivity contribution in [3.63, 3.8) is 0 Å². The SMILES string of the molecule is CC(=O)Nc1ccc(NS(C)(=O)=O)c(C(=O)N(C)Cc2cnn(-c3ccccc3)c2)c1. The number of nitrogens with zero attached hydrogens (tertiary/aromatic N) is 3. The fraction of sp³-hybridized carbons (Fsp3) is 0.190. The Labute approximate surface area is 180 Å². The van der Waals surface area contributed by atoms with Crippen molar-refractivity contribution < 1.29 is 18.0 Å². The highest BCUT2D eigenvalue weighted by Crippen LogP contribution is 2.24. The Balaban J connectivity index is 1.85. The lowest BCUT2D eigenvalue weighted by atomic mass is 10.1. The van der Waals surface area contributed by atoms with Gasteiger partial charge in [-0.3, -0.25) is 14.3 Å². The molecule has 0 unspecified atom stereocenters. The van der Waals surface area contributed by atoms with Crippen LogP contribution in [-0.2, 0) is 21.4 Å². The van der Waals surface area contributed by atoms with Crippen LogP contribution in [0.25, 0.3) is 5.69 Å². The van der Waals surface area contributed by atoms with Crippen LogP contribution in [0.5, 0.6) is 0 Å². The number of anilines is 2. The Hall–Kier alpha value is -3.66. The molecular weight excluding hydrogens is 418 g/mol. The molecule has 10 heteroatoms. The predicted molar refractivity (Wildman–Crippen MR) is 119 cm³/mol. The molecule has 0 saturated carbocycles. The molecule has 2 amide bonds. The zero-order chi connectivity index (χ0) is 22.6. The predicted octanol–water partition coefficient (Wildman–Crippen LogP) is 2.47. The van der Waals surface area contributed by atoms with Crippen LogP contribution in [0.15, 0.2) is 60.9 Å². The minimum Gasteiger partial charge on any atom is -0.337 e. The lowest BCUT2D eigenvalue weighted by Gasteiger charge is -2.19. The van der Waals surface area contributed by atoms with Gasteiger partial charge in [0.1, 0.15) is 0 Å². The van der Waals surface area contributed by atoms with E-state index in [4.69, 9.17) is 0 Å². The first-order valence-electron chi connectivity index (χ1n) is 9.36. The van der Waals surface area contributed by atoms with E-state index in [0.717, 1.165) is 17.5 Å². The van der Waals surface area contributed by atoms with Crippen molar-refractivity contribution in [3.05, 3.63) is 72.1 Å². The third-order valence-corrected chi connectivity index (χ3v) is 4.88. The summed E-state index contributed by atoms with van der Waals surface area (Å²) < 4.78 is 27.5. The Bertz CT molecular complexity index is 1210. The summed E-state index contributed by atoms with van der Waals surface area (Å²) in [5.74, 6) is -0.713. The van der Waals surface area contributed by atoms with Gasteiger partial charge in [-0.15, -0.1) is 0 Å². The van der Waals surface area contributed by atoms with Crippen molar-refractivity contribution in [2.45, 2.75) is 13.5 Å². The molecule has 1 aromatic heterocycles. The molecule has 0 aliphatic carbocycles. The monoisotopic (exact) mass is 441 g/mol. The van der Waals surface area contributed by atoms with Gasteiger partial charge in [-0.2, -0.15) is 5.10 Å². The number of benzene rings is 2. The second kappa shape index (κ2) is 9.00. The molecule has 0 fully saturated rings. The molecular formula is C21H23N5O4S. The lowest BCUT2D eigenvalue weighted by molar-refractivity contribution is -0.114. The highest BCUT2D eigenvalue weighted by atomic mass is 32.2. The van der Waals surface area contributed by atoms with Crippen LogP contribution in [0.3, 0.4) is 0 Å². The minimum atomic E-state index is -3.60. The summed E-state index contributed by atoms with van der Waals surface area (Å²) in [5, 5.41) is 6.92. The van der Waals surface area contributed by atoms with Crippen LogP contribution in [0, 0.1) is 0 Å². The number of hydrogen-bond acceptors (Lipinski definition) is 5. The maximum Gasteiger partial charge on any atom is 0.256 e. The van der Waals surface area contributed by atoms with Gasteiger partial charge in [0.25, 0.3) is 5.91 Å². The van der Waals surface area contributed by atoms with E-state index in [1.807, 2.05) is 36.5 Å². The van der Waals surface area contributed by atoms with Crippen LogP contribution in [0.2, 0.25) is 0 Å². The normalized spacial score (nSPS) is 11.1. The first kappa shape index (κ1) is 22.0. The van der Waals surface area contributed by atoms with E-state index in [2.05, 4.69) is 15.1 Å². The first-order chi connectivity index (χ1) is 14.6. The Morgan fingerprint density at radius 1 is 1.13 bits per heavy atom. The maximum absolute atomic E-state index is 13.1. The third-order valence-electron chi connectivity index (χ3n) is 4.29. The molecule has 0 aliphatic heterocycles. The van der Waals surface area contributed by atoms with Crippen molar-refractivity contribution in [1.82, 2.24) is 14.7 Å². The summed E-state index contributed by atoms with van der Waals surface area (Å²) in [6.45, 7) is 1.61. The van der Waals surface area contributed by atoms with Crippen molar-refractivity contribution in [2.75, 3.05) is 23.3 Å². The molecule has 2 aromatic carbocycles. The van der Waals surface area contributed by atoms with Gasteiger partial charge < -0.3 is 10.2 Å². The van der Waals surface area contributed by atoms with Gasteiger partial charge in [0.15, 0.2) is 0 Å². The molecule has 9 nitrogen and oxygen atoms in total. The van der Waals surface area contributed by atoms with E-state index in [1.165, 1.54) is 30.0 Å². The topological polar surface area (TPSA) is 113 Å². The quantitative estimate of drug-likeness (QED) is 0.585. The zero-order valence-corrected chi connectivity index (χ0v) is 18.2. The molecule has 3 rings (SSSR count). The second-order valence-corrected chi connectivity index (χ2v) is 8.85. The molecule has 162 valence electrons. The van der Waals surface area contributed by atoms with Gasteiger partial charge in [-0.25, -0.2) is 13.1 Å². The molecule has 0 radical (unpaired) electrons. The zero-order valence-electron chi connectivity index (χ0n) is 17.4. The van der Waals surface area contributed by atoms with Gasteiger partial charge >= 0.3 is 0 Å². The van der Waals surface area contributed by atoms with Crippen molar-refractivity contribution in [3.8, 4) is 5.69 Å². The fourth-order valence-electron chi connectivity index (χ4n) is 3.01. The van der Waals surface area contributed by atoms with Crippen LogP contribution in [0.1, 0.15) is 22.8 Å². The molecule has 0 aliphatic rings. The van der Waals surface area contributed by atoms with Crippen LogP contribution in [-0.4, -0.2) is 48.2 Å². The summed E-state index contributed by atoms with van der Waals surface area (Å²) in [6.07, 6.45) is 4.49. The molecule has 0 atom stereocenters. The number of para-hydroxylation sites is 1. The molecule has 31 heavy (non-hydrogen) atoms. The van der Waals surface area contributed by atoms with Crippen molar-refractivity contribution in [2.24, 2.45) is 0 Å². The highest BCUT2D eigenvalue weighted by molar-refractivity contribution is 7.92. The molecule has 0 bridgehead atoms. The first-order valence-corrected chi connectivity index (χ1v) is 11.3. The average molecular weight is 442 g/mol. The number of nitrogens with one attached hydrogen (secondary N) is 2. The van der Waals surface area contributed by atoms with Crippen LogP contribution >= 0.6 is 0 Å². The van der Waals surface area contributed by atoms with E-state index in [0.29, 0.717) is 5.69 Å². The molecule has 3 aromatic rings. The molecule has 0 spiro atoms. The van der Waals surface area contributed by atoms with Crippen molar-refractivity contribution in [1.29, 1.82) is 0 Å². The number of sulfonamides is 1. The van der Waals surface area contributed by atoms with E-state index in [9.17, 15) is 18.0 Å². The average Bonchev–Trinajstić information content (AvgIpc) is 3.16. The number of aromatic nitrogens is 2. The van der Waals surface area contributed by atoms with E-state index < -0.39 is 15.9 Å².